The predicted octanol–water partition coefficient (Wildman–Crippen LogP) is 3.24. The molecule has 0 saturated carbocycles. The molecule has 0 N–H and O–H groups in total. The lowest BCUT2D eigenvalue weighted by molar-refractivity contribution is -0.111. The van der Waals surface area contributed by atoms with Crippen molar-refractivity contribution in [1.82, 2.24) is 0 Å². The second-order valence-corrected chi connectivity index (χ2v) is 3.83. The lowest BCUT2D eigenvalue weighted by Crippen LogP contribution is -1.98. The normalized spacial score (nSPS) is 11.5. The third-order valence-corrected chi connectivity index (χ3v) is 1.92. The van der Waals surface area contributed by atoms with Gasteiger partial charge in [0.1, 0.15) is 12.6 Å². The van der Waals surface area contributed by atoms with Crippen LogP contribution in [0.4, 0.5) is 0 Å². The van der Waals surface area contributed by atoms with Crippen LogP contribution in [0.15, 0.2) is 0 Å². The van der Waals surface area contributed by atoms with Crippen LogP contribution in [0.5, 0.6) is 0 Å². The van der Waals surface area contributed by atoms with E-state index in [1.807, 2.05) is 13.8 Å². The molecule has 0 bridgehead atoms. The first-order valence-electron chi connectivity index (χ1n) is 5.52. The first-order chi connectivity index (χ1) is 6.62. The molecule has 0 aliphatic heterocycles. The van der Waals surface area contributed by atoms with E-state index < -0.39 is 0 Å². The van der Waals surface area contributed by atoms with E-state index in [0.717, 1.165) is 25.4 Å². The van der Waals surface area contributed by atoms with Gasteiger partial charge in [0, 0.05) is 11.8 Å². The van der Waals surface area contributed by atoms with Crippen molar-refractivity contribution in [2.75, 3.05) is 0 Å². The van der Waals surface area contributed by atoms with Gasteiger partial charge in [-0.1, -0.05) is 40.5 Å². The summed E-state index contributed by atoms with van der Waals surface area (Å²) in [6, 6.07) is 0. The van der Waals surface area contributed by atoms with Gasteiger partial charge in [0.2, 0.25) is 0 Å². The number of aldehydes is 2. The number of rotatable bonds is 6. The van der Waals surface area contributed by atoms with Crippen LogP contribution < -0.4 is 0 Å². The molecule has 0 aliphatic carbocycles. The Morgan fingerprint density at radius 2 is 1.57 bits per heavy atom. The van der Waals surface area contributed by atoms with Gasteiger partial charge >= 0.3 is 0 Å². The van der Waals surface area contributed by atoms with Crippen LogP contribution >= 0.6 is 0 Å². The Morgan fingerprint density at radius 1 is 1.07 bits per heavy atom. The van der Waals surface area contributed by atoms with E-state index in [-0.39, 0.29) is 5.92 Å². The Bertz CT molecular complexity index is 130. The Balaban J connectivity index is 0. The molecule has 0 aromatic heterocycles. The predicted molar refractivity (Wildman–Crippen MR) is 60.3 cm³/mol. The molecule has 84 valence electrons. The second kappa shape index (κ2) is 12.3. The molecule has 2 heteroatoms. The molecular weight excluding hydrogens is 176 g/mol. The number of carbonyl (C=O) groups is 2. The number of carbonyl (C=O) groups excluding carboxylic acids is 2. The first-order valence-corrected chi connectivity index (χ1v) is 5.52. The summed E-state index contributed by atoms with van der Waals surface area (Å²) < 4.78 is 0. The maximum Gasteiger partial charge on any atom is 0.123 e. The Morgan fingerprint density at radius 3 is 1.79 bits per heavy atom. The summed E-state index contributed by atoms with van der Waals surface area (Å²) in [5.74, 6) is 0.528. The summed E-state index contributed by atoms with van der Waals surface area (Å²) in [6.45, 7) is 7.92. The van der Waals surface area contributed by atoms with E-state index in [1.54, 1.807) is 0 Å². The summed E-state index contributed by atoms with van der Waals surface area (Å²) in [5, 5.41) is 0. The molecule has 0 radical (unpaired) electrons. The minimum Gasteiger partial charge on any atom is -0.303 e. The molecular formula is C12H24O2. The summed E-state index contributed by atoms with van der Waals surface area (Å²) in [7, 11) is 0. The van der Waals surface area contributed by atoms with E-state index in [4.69, 9.17) is 0 Å². The van der Waals surface area contributed by atoms with Crippen LogP contribution in [0.3, 0.4) is 0 Å². The zero-order valence-corrected chi connectivity index (χ0v) is 9.95. The average molecular weight is 200 g/mol. The fourth-order valence-corrected chi connectivity index (χ4v) is 0.835. The highest BCUT2D eigenvalue weighted by Gasteiger charge is 2.01. The van der Waals surface area contributed by atoms with Crippen LogP contribution in [0, 0.1) is 11.8 Å². The topological polar surface area (TPSA) is 34.1 Å². The molecule has 0 aliphatic rings. The van der Waals surface area contributed by atoms with Crippen LogP contribution in [-0.2, 0) is 9.59 Å². The number of hydrogen-bond acceptors (Lipinski definition) is 2. The minimum absolute atomic E-state index is 0.204. The molecule has 14 heavy (non-hydrogen) atoms. The average Bonchev–Trinajstić information content (AvgIpc) is 2.20. The fraction of sp³-hybridized carbons (Fsp3) is 0.833. The maximum absolute atomic E-state index is 10.2. The highest BCUT2D eigenvalue weighted by atomic mass is 16.1. The van der Waals surface area contributed by atoms with Gasteiger partial charge < -0.3 is 9.59 Å². The van der Waals surface area contributed by atoms with Gasteiger partial charge in [0.05, 0.1) is 0 Å². The number of hydrogen-bond donors (Lipinski definition) is 0. The first kappa shape index (κ1) is 15.8. The van der Waals surface area contributed by atoms with Crippen LogP contribution in [0.2, 0.25) is 0 Å². The van der Waals surface area contributed by atoms with E-state index in [0.29, 0.717) is 5.92 Å². The van der Waals surface area contributed by atoms with Crippen LogP contribution in [0.25, 0.3) is 0 Å². The second-order valence-electron chi connectivity index (χ2n) is 3.83. The van der Waals surface area contributed by atoms with Crippen LogP contribution in [0.1, 0.15) is 53.4 Å². The molecule has 1 atom stereocenters. The Labute approximate surface area is 88.1 Å². The van der Waals surface area contributed by atoms with Gasteiger partial charge in [0.15, 0.2) is 0 Å². The smallest absolute Gasteiger partial charge is 0.123 e. The Hall–Kier alpha value is -0.660. The van der Waals surface area contributed by atoms with Gasteiger partial charge in [-0.05, 0) is 12.8 Å². The van der Waals surface area contributed by atoms with Crippen molar-refractivity contribution >= 4 is 12.6 Å². The van der Waals surface area contributed by atoms with Gasteiger partial charge in [0.25, 0.3) is 0 Å². The molecule has 0 heterocycles. The van der Waals surface area contributed by atoms with E-state index in [1.165, 1.54) is 12.8 Å². The van der Waals surface area contributed by atoms with Crippen molar-refractivity contribution in [3.63, 3.8) is 0 Å². The molecule has 0 rings (SSSR count). The summed E-state index contributed by atoms with van der Waals surface area (Å²) in [4.78, 5) is 19.7. The molecule has 0 amide bonds. The van der Waals surface area contributed by atoms with Gasteiger partial charge in [-0.3, -0.25) is 0 Å². The van der Waals surface area contributed by atoms with Crippen molar-refractivity contribution in [3.05, 3.63) is 0 Å². The van der Waals surface area contributed by atoms with Crippen molar-refractivity contribution in [3.8, 4) is 0 Å². The molecule has 0 aromatic rings. The van der Waals surface area contributed by atoms with E-state index in [9.17, 15) is 9.59 Å². The maximum atomic E-state index is 10.2. The zero-order chi connectivity index (χ0) is 11.4. The van der Waals surface area contributed by atoms with E-state index in [2.05, 4.69) is 13.8 Å². The lowest BCUT2D eigenvalue weighted by atomic mass is 10.0. The largest absolute Gasteiger partial charge is 0.303 e. The third kappa shape index (κ3) is 13.9. The highest BCUT2D eigenvalue weighted by Crippen LogP contribution is 2.08. The van der Waals surface area contributed by atoms with Crippen LogP contribution in [-0.4, -0.2) is 12.6 Å². The van der Waals surface area contributed by atoms with Crippen molar-refractivity contribution in [2.45, 2.75) is 53.4 Å². The molecule has 2 nitrogen and oxygen atoms in total. The number of unbranched alkanes of at least 4 members (excludes halogenated alkanes) is 1. The van der Waals surface area contributed by atoms with Gasteiger partial charge in [-0.25, -0.2) is 0 Å². The molecule has 0 fully saturated rings. The summed E-state index contributed by atoms with van der Waals surface area (Å²) in [5.41, 5.74) is 0. The van der Waals surface area contributed by atoms with Crippen molar-refractivity contribution < 1.29 is 9.59 Å². The summed E-state index contributed by atoms with van der Waals surface area (Å²) in [6.07, 6.45) is 6.47. The van der Waals surface area contributed by atoms with Gasteiger partial charge in [-0.15, -0.1) is 0 Å². The molecule has 1 unspecified atom stereocenters. The van der Waals surface area contributed by atoms with Crippen molar-refractivity contribution in [2.24, 2.45) is 11.8 Å². The van der Waals surface area contributed by atoms with E-state index >= 15 is 0 Å². The monoisotopic (exact) mass is 200 g/mol. The molecule has 0 saturated heterocycles. The SMILES string of the molecule is CC(C)C=O.CCCCC(C=O)CC. The minimum atomic E-state index is 0.204. The summed E-state index contributed by atoms with van der Waals surface area (Å²) >= 11 is 0. The highest BCUT2D eigenvalue weighted by molar-refractivity contribution is 5.53. The zero-order valence-electron chi connectivity index (χ0n) is 9.95. The molecule has 0 spiro atoms. The third-order valence-electron chi connectivity index (χ3n) is 1.92. The van der Waals surface area contributed by atoms with Gasteiger partial charge in [-0.2, -0.15) is 0 Å². The van der Waals surface area contributed by atoms with Crippen molar-refractivity contribution in [1.29, 1.82) is 0 Å². The Kier molecular flexibility index (Phi) is 13.9. The lowest BCUT2D eigenvalue weighted by Gasteiger charge is -2.03. The standard InChI is InChI=1S/C8H16O.C4H8O/c1-3-5-6-8(4-2)7-9;1-4(2)3-5/h7-8H,3-6H2,1-2H3;3-4H,1-2H3. The molecule has 0 aromatic carbocycles. The quantitative estimate of drug-likeness (QED) is 0.617. The fourth-order valence-electron chi connectivity index (χ4n) is 0.835.